The molecule has 2 aliphatic rings. The molecule has 0 bridgehead atoms. The van der Waals surface area contributed by atoms with Crippen molar-refractivity contribution in [3.63, 3.8) is 0 Å². The number of fused-ring (bicyclic) bond motifs is 1. The van der Waals surface area contributed by atoms with E-state index in [9.17, 15) is 4.79 Å². The average molecular weight is 261 g/mol. The maximum absolute atomic E-state index is 11.8. The van der Waals surface area contributed by atoms with Gasteiger partial charge in [-0.15, -0.1) is 0 Å². The highest BCUT2D eigenvalue weighted by Crippen LogP contribution is 2.25. The number of nitrogens with zero attached hydrogens (tertiary/aromatic N) is 3. The molecule has 0 saturated carbocycles. The van der Waals surface area contributed by atoms with E-state index in [1.54, 1.807) is 0 Å². The second-order valence-electron chi connectivity index (χ2n) is 5.33. The van der Waals surface area contributed by atoms with Crippen LogP contribution in [-0.2, 0) is 28.9 Å². The predicted molar refractivity (Wildman–Crippen MR) is 69.5 cm³/mol. The van der Waals surface area contributed by atoms with Gasteiger partial charge in [-0.05, 0) is 18.9 Å². The largest absolute Gasteiger partial charge is 0.461 e. The topological polar surface area (TPSA) is 55.3 Å². The zero-order chi connectivity index (χ0) is 13.4. The molecule has 0 radical (unpaired) electrons. The van der Waals surface area contributed by atoms with Gasteiger partial charge in [0.15, 0.2) is 0 Å². The van der Waals surface area contributed by atoms with Crippen LogP contribution in [-0.4, -0.2) is 39.5 Å². The summed E-state index contributed by atoms with van der Waals surface area (Å²) in [6.45, 7) is 5.62. The van der Waals surface area contributed by atoms with E-state index >= 15 is 0 Å². The summed E-state index contributed by atoms with van der Waals surface area (Å²) >= 11 is 0. The van der Waals surface area contributed by atoms with Crippen LogP contribution in [0.5, 0.6) is 0 Å². The standard InChI is InChI=1S/C14H19N3O2/c1-3-13-15-7-10-4-5-17(8-11(10)16-13)12-6-9(2)19-14(12)18/h7,9,12H,3-6,8H2,1-2H3/t9-,12+/m0/s1. The third kappa shape index (κ3) is 2.34. The van der Waals surface area contributed by atoms with Gasteiger partial charge >= 0.3 is 5.97 Å². The molecule has 2 aliphatic heterocycles. The Kier molecular flexibility index (Phi) is 3.22. The maximum Gasteiger partial charge on any atom is 0.323 e. The number of carbonyl (C=O) groups is 1. The number of carbonyl (C=O) groups excluding carboxylic acids is 1. The van der Waals surface area contributed by atoms with Crippen LogP contribution in [0.2, 0.25) is 0 Å². The van der Waals surface area contributed by atoms with Crippen molar-refractivity contribution in [2.45, 2.75) is 51.8 Å². The lowest BCUT2D eigenvalue weighted by atomic mass is 10.0. The smallest absolute Gasteiger partial charge is 0.323 e. The molecule has 5 heteroatoms. The third-order valence-electron chi connectivity index (χ3n) is 3.93. The van der Waals surface area contributed by atoms with Crippen LogP contribution >= 0.6 is 0 Å². The summed E-state index contributed by atoms with van der Waals surface area (Å²) in [5.74, 6) is 0.795. The summed E-state index contributed by atoms with van der Waals surface area (Å²) in [6.07, 6.45) is 4.52. The van der Waals surface area contributed by atoms with E-state index in [4.69, 9.17) is 4.74 Å². The summed E-state index contributed by atoms with van der Waals surface area (Å²) in [4.78, 5) is 22.9. The molecular weight excluding hydrogens is 242 g/mol. The molecule has 0 aromatic carbocycles. The Bertz CT molecular complexity index is 503. The van der Waals surface area contributed by atoms with Crippen molar-refractivity contribution in [2.24, 2.45) is 0 Å². The summed E-state index contributed by atoms with van der Waals surface area (Å²) < 4.78 is 5.25. The number of aryl methyl sites for hydroxylation is 1. The number of hydrogen-bond acceptors (Lipinski definition) is 5. The monoisotopic (exact) mass is 261 g/mol. The van der Waals surface area contributed by atoms with Crippen molar-refractivity contribution in [3.8, 4) is 0 Å². The molecule has 3 rings (SSSR count). The lowest BCUT2D eigenvalue weighted by Crippen LogP contribution is -2.42. The SMILES string of the molecule is CCc1ncc2c(n1)CN([C@@H]1C[C@H](C)OC1=O)CC2. The van der Waals surface area contributed by atoms with E-state index in [0.717, 1.165) is 43.9 Å². The fourth-order valence-electron chi connectivity index (χ4n) is 2.83. The summed E-state index contributed by atoms with van der Waals surface area (Å²) in [5, 5.41) is 0. The predicted octanol–water partition coefficient (Wildman–Crippen LogP) is 1.10. The van der Waals surface area contributed by atoms with Crippen LogP contribution in [0.1, 0.15) is 37.4 Å². The van der Waals surface area contributed by atoms with Crippen LogP contribution in [0.4, 0.5) is 0 Å². The number of esters is 1. The average Bonchev–Trinajstić information content (AvgIpc) is 2.76. The molecule has 1 fully saturated rings. The molecule has 0 aliphatic carbocycles. The summed E-state index contributed by atoms with van der Waals surface area (Å²) in [5.41, 5.74) is 2.29. The zero-order valence-electron chi connectivity index (χ0n) is 11.4. The van der Waals surface area contributed by atoms with Gasteiger partial charge in [0.1, 0.15) is 18.0 Å². The van der Waals surface area contributed by atoms with Crippen LogP contribution in [0.25, 0.3) is 0 Å². The molecule has 2 atom stereocenters. The van der Waals surface area contributed by atoms with Crippen LogP contribution in [0.15, 0.2) is 6.20 Å². The van der Waals surface area contributed by atoms with E-state index in [1.807, 2.05) is 13.1 Å². The van der Waals surface area contributed by atoms with E-state index in [2.05, 4.69) is 21.8 Å². The van der Waals surface area contributed by atoms with Gasteiger partial charge in [-0.2, -0.15) is 0 Å². The molecule has 0 amide bonds. The van der Waals surface area contributed by atoms with Crippen LogP contribution < -0.4 is 0 Å². The first-order valence-corrected chi connectivity index (χ1v) is 6.95. The second-order valence-corrected chi connectivity index (χ2v) is 5.33. The van der Waals surface area contributed by atoms with Crippen molar-refractivity contribution in [3.05, 3.63) is 23.3 Å². The Morgan fingerprint density at radius 2 is 2.37 bits per heavy atom. The van der Waals surface area contributed by atoms with Gasteiger partial charge in [-0.25, -0.2) is 9.97 Å². The highest BCUT2D eigenvalue weighted by Gasteiger charge is 2.37. The molecule has 102 valence electrons. The highest BCUT2D eigenvalue weighted by atomic mass is 16.6. The van der Waals surface area contributed by atoms with E-state index in [1.165, 1.54) is 5.56 Å². The Morgan fingerprint density at radius 3 is 3.05 bits per heavy atom. The van der Waals surface area contributed by atoms with Crippen molar-refractivity contribution in [1.82, 2.24) is 14.9 Å². The van der Waals surface area contributed by atoms with Gasteiger partial charge in [0.2, 0.25) is 0 Å². The third-order valence-corrected chi connectivity index (χ3v) is 3.93. The first kappa shape index (κ1) is 12.5. The summed E-state index contributed by atoms with van der Waals surface area (Å²) in [6, 6.07) is -0.0943. The van der Waals surface area contributed by atoms with Gasteiger partial charge < -0.3 is 4.74 Å². The molecule has 19 heavy (non-hydrogen) atoms. The summed E-state index contributed by atoms with van der Waals surface area (Å²) in [7, 11) is 0. The molecule has 5 nitrogen and oxygen atoms in total. The molecule has 1 aromatic rings. The van der Waals surface area contributed by atoms with Gasteiger partial charge in [0, 0.05) is 32.1 Å². The van der Waals surface area contributed by atoms with E-state index in [0.29, 0.717) is 0 Å². The minimum absolute atomic E-state index is 0.0375. The van der Waals surface area contributed by atoms with E-state index in [-0.39, 0.29) is 18.1 Å². The fourth-order valence-corrected chi connectivity index (χ4v) is 2.83. The van der Waals surface area contributed by atoms with Crippen molar-refractivity contribution in [2.75, 3.05) is 6.54 Å². The van der Waals surface area contributed by atoms with Crippen LogP contribution in [0.3, 0.4) is 0 Å². The number of aromatic nitrogens is 2. The Balaban J connectivity index is 1.79. The molecule has 0 unspecified atom stereocenters. The lowest BCUT2D eigenvalue weighted by Gasteiger charge is -2.30. The van der Waals surface area contributed by atoms with Crippen LogP contribution in [0, 0.1) is 0 Å². The van der Waals surface area contributed by atoms with Gasteiger partial charge in [0.05, 0.1) is 5.69 Å². The Labute approximate surface area is 113 Å². The molecule has 3 heterocycles. The van der Waals surface area contributed by atoms with Crippen molar-refractivity contribution in [1.29, 1.82) is 0 Å². The quantitative estimate of drug-likeness (QED) is 0.746. The fraction of sp³-hybridized carbons (Fsp3) is 0.643. The Hall–Kier alpha value is -1.49. The van der Waals surface area contributed by atoms with Gasteiger partial charge in [-0.1, -0.05) is 6.92 Å². The number of rotatable bonds is 2. The minimum atomic E-state index is -0.0943. The first-order chi connectivity index (χ1) is 9.17. The maximum atomic E-state index is 11.8. The molecule has 1 aromatic heterocycles. The van der Waals surface area contributed by atoms with Gasteiger partial charge in [0.25, 0.3) is 0 Å². The number of ether oxygens (including phenoxy) is 1. The van der Waals surface area contributed by atoms with E-state index < -0.39 is 0 Å². The Morgan fingerprint density at radius 1 is 1.53 bits per heavy atom. The first-order valence-electron chi connectivity index (χ1n) is 6.95. The minimum Gasteiger partial charge on any atom is -0.461 e. The molecule has 0 spiro atoms. The molecular formula is C14H19N3O2. The highest BCUT2D eigenvalue weighted by molar-refractivity contribution is 5.78. The normalized spacial score (nSPS) is 27.2. The zero-order valence-corrected chi connectivity index (χ0v) is 11.4. The molecule has 0 N–H and O–H groups in total. The van der Waals surface area contributed by atoms with Crippen molar-refractivity contribution >= 4 is 5.97 Å². The second kappa shape index (κ2) is 4.89. The lowest BCUT2D eigenvalue weighted by molar-refractivity contribution is -0.145. The molecule has 1 saturated heterocycles. The number of hydrogen-bond donors (Lipinski definition) is 0. The van der Waals surface area contributed by atoms with Crippen molar-refractivity contribution < 1.29 is 9.53 Å². The number of cyclic esters (lactones) is 1. The van der Waals surface area contributed by atoms with Gasteiger partial charge in [-0.3, -0.25) is 9.69 Å².